The fourth-order valence-electron chi connectivity index (χ4n) is 5.45. The van der Waals surface area contributed by atoms with Gasteiger partial charge in [-0.3, -0.25) is 14.4 Å². The zero-order valence-corrected chi connectivity index (χ0v) is 23.3. The van der Waals surface area contributed by atoms with Gasteiger partial charge in [0, 0.05) is 12.0 Å². The van der Waals surface area contributed by atoms with Gasteiger partial charge in [0.1, 0.15) is 16.7 Å². The summed E-state index contributed by atoms with van der Waals surface area (Å²) in [6.45, 7) is 1.56. The number of rotatable bonds is 3. The summed E-state index contributed by atoms with van der Waals surface area (Å²) in [6, 6.07) is 18.4. The summed E-state index contributed by atoms with van der Waals surface area (Å²) in [6.07, 6.45) is -12.3. The SMILES string of the molecule is Cc1ccc2c(c1)nc(N(C(=O)C(F)(F)F)N1C(=O)CSC13CC(c1ccccc1)Oc1ccccc13)n2C(=O)C(F)(F)F. The Morgan fingerprint density at radius 1 is 0.977 bits per heavy atom. The lowest BCUT2D eigenvalue weighted by atomic mass is 9.91. The summed E-state index contributed by atoms with van der Waals surface area (Å²) in [5, 5.41) is 0.254. The van der Waals surface area contributed by atoms with Gasteiger partial charge in [-0.05, 0) is 36.2 Å². The van der Waals surface area contributed by atoms with E-state index in [0.29, 0.717) is 16.1 Å². The van der Waals surface area contributed by atoms with E-state index in [1.54, 1.807) is 49.4 Å². The molecule has 6 rings (SSSR count). The topological polar surface area (TPSA) is 84.7 Å². The molecule has 1 saturated heterocycles. The molecule has 3 heterocycles. The highest BCUT2D eigenvalue weighted by Gasteiger charge is 2.60. The van der Waals surface area contributed by atoms with Crippen molar-refractivity contribution in [1.29, 1.82) is 0 Å². The molecule has 1 fully saturated rings. The molecule has 0 aliphatic carbocycles. The van der Waals surface area contributed by atoms with E-state index in [0.717, 1.165) is 17.8 Å². The number of nitrogens with zero attached hydrogens (tertiary/aromatic N) is 4. The number of hydrazine groups is 1. The van der Waals surface area contributed by atoms with E-state index in [2.05, 4.69) is 4.98 Å². The number of halogens is 6. The number of carbonyl (C=O) groups is 3. The minimum absolute atomic E-state index is 0.109. The molecule has 2 unspecified atom stereocenters. The lowest BCUT2D eigenvalue weighted by Crippen LogP contribution is -2.61. The molecule has 2 aliphatic heterocycles. The zero-order valence-electron chi connectivity index (χ0n) is 22.5. The van der Waals surface area contributed by atoms with Crippen LogP contribution in [0.4, 0.5) is 32.3 Å². The number of hydrogen-bond acceptors (Lipinski definition) is 6. The molecule has 44 heavy (non-hydrogen) atoms. The third-order valence-corrected chi connectivity index (χ3v) is 8.71. The molecule has 1 aromatic heterocycles. The summed E-state index contributed by atoms with van der Waals surface area (Å²) >= 11 is 0.894. The third kappa shape index (κ3) is 4.75. The Hall–Kier alpha value is -4.53. The van der Waals surface area contributed by atoms with Crippen molar-refractivity contribution in [3.8, 4) is 5.75 Å². The van der Waals surface area contributed by atoms with E-state index >= 15 is 0 Å². The molecule has 15 heteroatoms. The van der Waals surface area contributed by atoms with Crippen molar-refractivity contribution in [2.24, 2.45) is 0 Å². The van der Waals surface area contributed by atoms with Crippen molar-refractivity contribution in [2.45, 2.75) is 36.7 Å². The van der Waals surface area contributed by atoms with Crippen LogP contribution < -0.4 is 9.75 Å². The Bertz CT molecular complexity index is 1810. The van der Waals surface area contributed by atoms with Gasteiger partial charge in [-0.15, -0.1) is 11.8 Å². The van der Waals surface area contributed by atoms with E-state index in [1.807, 2.05) is 0 Å². The number of para-hydroxylation sites is 1. The van der Waals surface area contributed by atoms with E-state index in [1.165, 1.54) is 24.3 Å². The molecule has 2 aliphatic rings. The van der Waals surface area contributed by atoms with Crippen LogP contribution in [-0.4, -0.2) is 50.4 Å². The molecule has 3 aromatic carbocycles. The van der Waals surface area contributed by atoms with Crippen molar-refractivity contribution in [2.75, 3.05) is 10.8 Å². The first kappa shape index (κ1) is 29.5. The minimum atomic E-state index is -5.70. The monoisotopic (exact) mass is 634 g/mol. The maximum absolute atomic E-state index is 14.3. The number of carbonyl (C=O) groups excluding carboxylic acids is 3. The highest BCUT2D eigenvalue weighted by Crippen LogP contribution is 2.58. The van der Waals surface area contributed by atoms with Crippen LogP contribution in [0.5, 0.6) is 5.75 Å². The maximum atomic E-state index is 14.3. The molecule has 1 spiro atoms. The van der Waals surface area contributed by atoms with Gasteiger partial charge in [-0.2, -0.15) is 31.4 Å². The number of fused-ring (bicyclic) bond motifs is 3. The lowest BCUT2D eigenvalue weighted by Gasteiger charge is -2.47. The predicted molar refractivity (Wildman–Crippen MR) is 147 cm³/mol. The number of amides is 2. The van der Waals surface area contributed by atoms with Crippen LogP contribution in [0.25, 0.3) is 11.0 Å². The predicted octanol–water partition coefficient (Wildman–Crippen LogP) is 6.31. The van der Waals surface area contributed by atoms with Crippen LogP contribution in [0.2, 0.25) is 0 Å². The smallest absolute Gasteiger partial charge is 0.473 e. The van der Waals surface area contributed by atoms with E-state index in [9.17, 15) is 40.7 Å². The molecule has 0 bridgehead atoms. The Kier molecular flexibility index (Phi) is 6.90. The average molecular weight is 635 g/mol. The summed E-state index contributed by atoms with van der Waals surface area (Å²) < 4.78 is 90.8. The number of aromatic nitrogens is 2. The molecule has 4 aromatic rings. The number of aryl methyl sites for hydroxylation is 1. The molecule has 2 atom stereocenters. The Morgan fingerprint density at radius 3 is 2.34 bits per heavy atom. The molecule has 0 radical (unpaired) electrons. The number of alkyl halides is 6. The number of hydrogen-bond donors (Lipinski definition) is 0. The minimum Gasteiger partial charge on any atom is -0.485 e. The summed E-state index contributed by atoms with van der Waals surface area (Å²) in [5.41, 5.74) is 0.486. The summed E-state index contributed by atoms with van der Waals surface area (Å²) in [4.78, 5) is 41.9. The Morgan fingerprint density at radius 2 is 1.66 bits per heavy atom. The van der Waals surface area contributed by atoms with Gasteiger partial charge >= 0.3 is 24.2 Å². The number of imidazole rings is 1. The first-order valence-corrected chi connectivity index (χ1v) is 14.0. The Labute approximate surface area is 249 Å². The molecule has 0 N–H and O–H groups in total. The van der Waals surface area contributed by atoms with Crippen LogP contribution in [0.1, 0.15) is 34.0 Å². The van der Waals surface area contributed by atoms with Crippen LogP contribution >= 0.6 is 11.8 Å². The maximum Gasteiger partial charge on any atom is 0.473 e. The van der Waals surface area contributed by atoms with Gasteiger partial charge < -0.3 is 4.74 Å². The Balaban J connectivity index is 1.64. The second kappa shape index (κ2) is 10.3. The van der Waals surface area contributed by atoms with E-state index in [-0.39, 0.29) is 32.8 Å². The van der Waals surface area contributed by atoms with Crippen molar-refractivity contribution < 1.29 is 45.5 Å². The van der Waals surface area contributed by atoms with E-state index in [4.69, 9.17) is 4.74 Å². The first-order valence-electron chi connectivity index (χ1n) is 13.0. The summed E-state index contributed by atoms with van der Waals surface area (Å²) in [7, 11) is 0. The molecule has 2 amide bonds. The van der Waals surface area contributed by atoms with Crippen molar-refractivity contribution in [3.05, 3.63) is 89.5 Å². The zero-order chi connectivity index (χ0) is 31.6. The van der Waals surface area contributed by atoms with Gasteiger partial charge in [0.05, 0.1) is 16.8 Å². The lowest BCUT2D eigenvalue weighted by molar-refractivity contribution is -0.176. The van der Waals surface area contributed by atoms with Crippen LogP contribution in [-0.2, 0) is 14.5 Å². The summed E-state index contributed by atoms with van der Waals surface area (Å²) in [5.74, 6) is -7.91. The quantitative estimate of drug-likeness (QED) is 0.246. The molecule has 0 saturated carbocycles. The van der Waals surface area contributed by atoms with Gasteiger partial charge in [-0.25, -0.2) is 14.6 Å². The van der Waals surface area contributed by atoms with Crippen LogP contribution in [0.15, 0.2) is 72.8 Å². The van der Waals surface area contributed by atoms with Crippen LogP contribution in [0.3, 0.4) is 0 Å². The molecule has 8 nitrogen and oxygen atoms in total. The molecular weight excluding hydrogens is 614 g/mol. The fraction of sp³-hybridized carbons (Fsp3) is 0.241. The normalized spacial score (nSPS) is 20.1. The van der Waals surface area contributed by atoms with Crippen LogP contribution in [0, 0.1) is 6.92 Å². The third-order valence-electron chi connectivity index (χ3n) is 7.29. The van der Waals surface area contributed by atoms with Gasteiger partial charge in [0.15, 0.2) is 0 Å². The number of benzene rings is 3. The number of thioether (sulfide) groups is 1. The van der Waals surface area contributed by atoms with Crippen molar-refractivity contribution in [1.82, 2.24) is 14.6 Å². The first-order chi connectivity index (χ1) is 20.7. The van der Waals surface area contributed by atoms with Crippen molar-refractivity contribution in [3.63, 3.8) is 0 Å². The fourth-order valence-corrected chi connectivity index (χ4v) is 6.84. The van der Waals surface area contributed by atoms with Gasteiger partial charge in [0.25, 0.3) is 5.91 Å². The highest BCUT2D eigenvalue weighted by atomic mass is 32.2. The average Bonchev–Trinajstić information content (AvgIpc) is 3.50. The second-order valence-corrected chi connectivity index (χ2v) is 11.4. The molecular formula is C29H20F6N4O4S. The standard InChI is InChI=1S/C29H20F6N4O4S/c1-16-11-12-20-19(13-16)36-26(37(20)24(41)28(30,31)32)38(25(42)29(33,34)35)39-23(40)15-44-27(39)14-22(17-7-3-2-4-8-17)43-21-10-6-5-9-18(21)27/h2-13,22H,14-15H2,1H3. The largest absolute Gasteiger partial charge is 0.485 e. The second-order valence-electron chi connectivity index (χ2n) is 10.2. The highest BCUT2D eigenvalue weighted by molar-refractivity contribution is 8.01. The van der Waals surface area contributed by atoms with Gasteiger partial charge in [-0.1, -0.05) is 54.6 Å². The molecule has 228 valence electrons. The number of anilines is 1. The van der Waals surface area contributed by atoms with Crippen molar-refractivity contribution >= 4 is 46.5 Å². The van der Waals surface area contributed by atoms with E-state index < -0.39 is 58.3 Å². The van der Waals surface area contributed by atoms with Gasteiger partial charge in [0.2, 0.25) is 5.95 Å². The number of ether oxygens (including phenoxy) is 1.